The highest BCUT2D eigenvalue weighted by Crippen LogP contribution is 2.40. The zero-order valence-corrected chi connectivity index (χ0v) is 18.2. The van der Waals surface area contributed by atoms with Crippen LogP contribution in [0.15, 0.2) is 47.8 Å². The summed E-state index contributed by atoms with van der Waals surface area (Å²) >= 11 is 7.36. The van der Waals surface area contributed by atoms with Crippen LogP contribution >= 0.6 is 22.9 Å². The van der Waals surface area contributed by atoms with Gasteiger partial charge in [-0.3, -0.25) is 4.79 Å². The number of rotatable bonds is 7. The van der Waals surface area contributed by atoms with E-state index < -0.39 is 11.9 Å². The number of benzene rings is 2. The van der Waals surface area contributed by atoms with Crippen molar-refractivity contribution >= 4 is 39.8 Å². The molecule has 1 amide bonds. The van der Waals surface area contributed by atoms with Gasteiger partial charge in [-0.25, -0.2) is 4.79 Å². The van der Waals surface area contributed by atoms with Gasteiger partial charge in [0.05, 0.1) is 31.4 Å². The molecule has 0 atom stereocenters. The monoisotopic (exact) mass is 445 g/mol. The second-order valence-electron chi connectivity index (χ2n) is 6.08. The Kier molecular flexibility index (Phi) is 6.97. The van der Waals surface area contributed by atoms with Gasteiger partial charge in [0.25, 0.3) is 5.91 Å². The predicted molar refractivity (Wildman–Crippen MR) is 118 cm³/mol. The van der Waals surface area contributed by atoms with Gasteiger partial charge in [0.1, 0.15) is 10.6 Å². The Hall–Kier alpha value is -3.03. The number of esters is 1. The van der Waals surface area contributed by atoms with E-state index in [1.807, 2.05) is 6.07 Å². The Morgan fingerprint density at radius 3 is 2.47 bits per heavy atom. The Balaban J connectivity index is 2.04. The van der Waals surface area contributed by atoms with Crippen LogP contribution in [-0.2, 0) is 4.74 Å². The minimum Gasteiger partial charge on any atom is -0.493 e. The van der Waals surface area contributed by atoms with E-state index in [9.17, 15) is 9.59 Å². The molecule has 0 aliphatic rings. The van der Waals surface area contributed by atoms with Crippen LogP contribution in [0, 0.1) is 0 Å². The molecule has 3 aromatic rings. The lowest BCUT2D eigenvalue weighted by Gasteiger charge is -2.11. The lowest BCUT2D eigenvalue weighted by atomic mass is 10.0. The Morgan fingerprint density at radius 1 is 1.07 bits per heavy atom. The molecule has 1 heterocycles. The number of carbonyl (C=O) groups is 2. The summed E-state index contributed by atoms with van der Waals surface area (Å²) in [6.07, 6.45) is 0. The lowest BCUT2D eigenvalue weighted by Crippen LogP contribution is -2.15. The lowest BCUT2D eigenvalue weighted by molar-refractivity contribution is 0.0529. The molecule has 0 aliphatic carbocycles. The summed E-state index contributed by atoms with van der Waals surface area (Å²) < 4.78 is 15.9. The van der Waals surface area contributed by atoms with Crippen LogP contribution < -0.4 is 14.8 Å². The predicted octanol–water partition coefficient (Wildman–Crippen LogP) is 5.51. The number of amides is 1. The zero-order valence-electron chi connectivity index (χ0n) is 16.7. The fourth-order valence-corrected chi connectivity index (χ4v) is 4.06. The van der Waals surface area contributed by atoms with Gasteiger partial charge < -0.3 is 19.5 Å². The smallest absolute Gasteiger partial charge is 0.341 e. The van der Waals surface area contributed by atoms with Crippen molar-refractivity contribution in [2.45, 2.75) is 6.92 Å². The number of anilines is 1. The van der Waals surface area contributed by atoms with Crippen LogP contribution in [0.4, 0.5) is 5.00 Å². The van der Waals surface area contributed by atoms with E-state index in [2.05, 4.69) is 5.32 Å². The molecule has 156 valence electrons. The first-order chi connectivity index (χ1) is 14.5. The second-order valence-corrected chi connectivity index (χ2v) is 7.36. The van der Waals surface area contributed by atoms with Crippen LogP contribution in [0.2, 0.25) is 5.02 Å². The SMILES string of the molecule is CCOC(=O)c1c(-c2ccc(OC)c(OC)c2)csc1NC(=O)c1ccccc1Cl. The van der Waals surface area contributed by atoms with E-state index in [1.165, 1.54) is 18.4 Å². The molecule has 1 N–H and O–H groups in total. The summed E-state index contributed by atoms with van der Waals surface area (Å²) in [5.74, 6) is 0.156. The van der Waals surface area contributed by atoms with Gasteiger partial charge in [-0.1, -0.05) is 29.8 Å². The number of halogens is 1. The fourth-order valence-electron chi connectivity index (χ4n) is 2.89. The molecule has 0 spiro atoms. The van der Waals surface area contributed by atoms with Crippen molar-refractivity contribution in [1.82, 2.24) is 0 Å². The number of hydrogen-bond donors (Lipinski definition) is 1. The number of hydrogen-bond acceptors (Lipinski definition) is 6. The Labute approximate surface area is 183 Å². The van der Waals surface area contributed by atoms with Gasteiger partial charge in [-0.05, 0) is 36.8 Å². The molecule has 30 heavy (non-hydrogen) atoms. The summed E-state index contributed by atoms with van der Waals surface area (Å²) in [6, 6.07) is 12.0. The van der Waals surface area contributed by atoms with Crippen LogP contribution in [0.1, 0.15) is 27.6 Å². The molecule has 0 bridgehead atoms. The third kappa shape index (κ3) is 4.42. The maximum atomic E-state index is 12.7. The van der Waals surface area contributed by atoms with E-state index >= 15 is 0 Å². The molecule has 8 heteroatoms. The Bertz CT molecular complexity index is 1080. The number of ether oxygens (including phenoxy) is 3. The van der Waals surface area contributed by atoms with Crippen molar-refractivity contribution in [3.05, 3.63) is 64.0 Å². The molecule has 2 aromatic carbocycles. The van der Waals surface area contributed by atoms with Crippen LogP contribution in [-0.4, -0.2) is 32.7 Å². The number of methoxy groups -OCH3 is 2. The van der Waals surface area contributed by atoms with Gasteiger partial charge in [0.15, 0.2) is 11.5 Å². The van der Waals surface area contributed by atoms with Crippen LogP contribution in [0.3, 0.4) is 0 Å². The highest BCUT2D eigenvalue weighted by Gasteiger charge is 2.24. The average Bonchev–Trinajstić information content (AvgIpc) is 3.17. The Morgan fingerprint density at radius 2 is 1.80 bits per heavy atom. The fraction of sp³-hybridized carbons (Fsp3) is 0.182. The maximum Gasteiger partial charge on any atom is 0.341 e. The molecular weight excluding hydrogens is 426 g/mol. The molecule has 0 saturated heterocycles. The van der Waals surface area contributed by atoms with Crippen molar-refractivity contribution in [3.63, 3.8) is 0 Å². The first kappa shape index (κ1) is 21.7. The molecule has 0 fully saturated rings. The van der Waals surface area contributed by atoms with Gasteiger partial charge in [0, 0.05) is 10.9 Å². The summed E-state index contributed by atoms with van der Waals surface area (Å²) in [5, 5.41) is 5.28. The quantitative estimate of drug-likeness (QED) is 0.485. The molecule has 1 aromatic heterocycles. The van der Waals surface area contributed by atoms with E-state index in [-0.39, 0.29) is 12.2 Å². The molecule has 0 saturated carbocycles. The first-order valence-corrected chi connectivity index (χ1v) is 10.3. The zero-order chi connectivity index (χ0) is 21.7. The maximum absolute atomic E-state index is 12.7. The van der Waals surface area contributed by atoms with Crippen LogP contribution in [0.5, 0.6) is 11.5 Å². The molecule has 3 rings (SSSR count). The van der Waals surface area contributed by atoms with E-state index in [0.29, 0.717) is 32.6 Å². The van der Waals surface area contributed by atoms with Crippen LogP contribution in [0.25, 0.3) is 11.1 Å². The topological polar surface area (TPSA) is 73.9 Å². The van der Waals surface area contributed by atoms with Crippen molar-refractivity contribution in [2.75, 3.05) is 26.1 Å². The number of thiophene rings is 1. The third-order valence-corrected chi connectivity index (χ3v) is 5.54. The normalized spacial score (nSPS) is 10.4. The second kappa shape index (κ2) is 9.65. The van der Waals surface area contributed by atoms with Crippen molar-refractivity contribution in [3.8, 4) is 22.6 Å². The highest BCUT2D eigenvalue weighted by atomic mass is 35.5. The largest absolute Gasteiger partial charge is 0.493 e. The van der Waals surface area contributed by atoms with Gasteiger partial charge in [-0.2, -0.15) is 0 Å². The van der Waals surface area contributed by atoms with E-state index in [1.54, 1.807) is 55.8 Å². The van der Waals surface area contributed by atoms with Gasteiger partial charge >= 0.3 is 5.97 Å². The minimum atomic E-state index is -0.530. The molecule has 0 aliphatic heterocycles. The molecule has 0 radical (unpaired) electrons. The number of nitrogens with one attached hydrogen (secondary N) is 1. The standard InChI is InChI=1S/C22H20ClNO5S/c1-4-29-22(26)19-15(13-9-10-17(27-2)18(11-13)28-3)12-30-21(19)24-20(25)14-7-5-6-8-16(14)23/h5-12H,4H2,1-3H3,(H,24,25). The van der Waals surface area contributed by atoms with Gasteiger partial charge in [-0.15, -0.1) is 11.3 Å². The number of carbonyl (C=O) groups excluding carboxylic acids is 2. The summed E-state index contributed by atoms with van der Waals surface area (Å²) in [5.41, 5.74) is 1.93. The third-order valence-electron chi connectivity index (χ3n) is 4.31. The molecule has 0 unspecified atom stereocenters. The minimum absolute atomic E-state index is 0.206. The molecular formula is C22H20ClNO5S. The van der Waals surface area contributed by atoms with Gasteiger partial charge in [0.2, 0.25) is 0 Å². The summed E-state index contributed by atoms with van der Waals surface area (Å²) in [7, 11) is 3.09. The summed E-state index contributed by atoms with van der Waals surface area (Å²) in [4.78, 5) is 25.5. The molecule has 6 nitrogen and oxygen atoms in total. The van der Waals surface area contributed by atoms with Crippen molar-refractivity contribution in [2.24, 2.45) is 0 Å². The average molecular weight is 446 g/mol. The van der Waals surface area contributed by atoms with Crippen molar-refractivity contribution < 1.29 is 23.8 Å². The van der Waals surface area contributed by atoms with Crippen molar-refractivity contribution in [1.29, 1.82) is 0 Å². The van der Waals surface area contributed by atoms with E-state index in [0.717, 1.165) is 5.56 Å². The highest BCUT2D eigenvalue weighted by molar-refractivity contribution is 7.15. The van der Waals surface area contributed by atoms with E-state index in [4.69, 9.17) is 25.8 Å². The summed E-state index contributed by atoms with van der Waals surface area (Å²) in [6.45, 7) is 1.93. The first-order valence-electron chi connectivity index (χ1n) is 9.07.